The van der Waals surface area contributed by atoms with Crippen molar-refractivity contribution < 1.29 is 18.7 Å². The highest BCUT2D eigenvalue weighted by Crippen LogP contribution is 2.42. The predicted octanol–water partition coefficient (Wildman–Crippen LogP) is 6.77. The molecule has 0 N–H and O–H groups in total. The van der Waals surface area contributed by atoms with Gasteiger partial charge in [0.2, 0.25) is 5.76 Å². The summed E-state index contributed by atoms with van der Waals surface area (Å²) in [5.41, 5.74) is 3.72. The number of aryl methyl sites for hydroxylation is 2. The Balaban J connectivity index is 1.73. The first-order valence-corrected chi connectivity index (χ1v) is 12.8. The van der Waals surface area contributed by atoms with E-state index in [0.717, 1.165) is 16.7 Å². The van der Waals surface area contributed by atoms with Crippen LogP contribution in [0.2, 0.25) is 5.02 Å². The SMILES string of the molecule is C=CCOc1ccc(C2c3c(oc4c(C)cc(C)cc4c3=O)C(=O)N2Cc2ccccc2Cl)cc1OCC. The molecular formula is C31H28ClNO5. The van der Waals surface area contributed by atoms with Gasteiger partial charge in [-0.15, -0.1) is 0 Å². The standard InChI is InChI=1S/C31H28ClNO5/c1-5-13-37-24-12-11-20(16-25(24)36-6-2)27-26-28(34)22-15-18(3)14-19(4)29(22)38-30(26)31(35)33(27)17-21-9-7-8-10-23(21)32/h5,7-12,14-16,27H,1,6,13,17H2,2-4H3. The lowest BCUT2D eigenvalue weighted by molar-refractivity contribution is 0.0714. The number of fused-ring (bicyclic) bond motifs is 2. The fourth-order valence-corrected chi connectivity index (χ4v) is 5.22. The molecule has 7 heteroatoms. The van der Waals surface area contributed by atoms with Gasteiger partial charge in [0.15, 0.2) is 16.9 Å². The smallest absolute Gasteiger partial charge is 0.291 e. The van der Waals surface area contributed by atoms with E-state index in [1.54, 1.807) is 23.1 Å². The molecule has 0 bridgehead atoms. The van der Waals surface area contributed by atoms with Gasteiger partial charge in [0, 0.05) is 11.6 Å². The van der Waals surface area contributed by atoms with Gasteiger partial charge in [-0.1, -0.05) is 54.6 Å². The molecule has 6 nitrogen and oxygen atoms in total. The van der Waals surface area contributed by atoms with Crippen molar-refractivity contribution in [2.45, 2.75) is 33.4 Å². The molecule has 1 aliphatic rings. The predicted molar refractivity (Wildman–Crippen MR) is 148 cm³/mol. The lowest BCUT2D eigenvalue weighted by Gasteiger charge is -2.26. The number of hydrogen-bond acceptors (Lipinski definition) is 5. The van der Waals surface area contributed by atoms with E-state index in [9.17, 15) is 9.59 Å². The van der Waals surface area contributed by atoms with Crippen molar-refractivity contribution in [3.8, 4) is 11.5 Å². The number of rotatable bonds is 8. The van der Waals surface area contributed by atoms with Crippen LogP contribution in [0.15, 0.2) is 76.5 Å². The Labute approximate surface area is 226 Å². The van der Waals surface area contributed by atoms with Gasteiger partial charge >= 0.3 is 0 Å². The van der Waals surface area contributed by atoms with Crippen LogP contribution < -0.4 is 14.9 Å². The zero-order valence-electron chi connectivity index (χ0n) is 21.5. The monoisotopic (exact) mass is 529 g/mol. The van der Waals surface area contributed by atoms with Gasteiger partial charge in [0.1, 0.15) is 12.2 Å². The second-order valence-electron chi connectivity index (χ2n) is 9.30. The molecule has 0 saturated carbocycles. The summed E-state index contributed by atoms with van der Waals surface area (Å²) in [5, 5.41) is 0.990. The first-order chi connectivity index (χ1) is 18.3. The number of benzene rings is 3. The van der Waals surface area contributed by atoms with E-state index < -0.39 is 6.04 Å². The first-order valence-electron chi connectivity index (χ1n) is 12.5. The van der Waals surface area contributed by atoms with Gasteiger partial charge in [0.05, 0.1) is 23.6 Å². The minimum absolute atomic E-state index is 0.0523. The summed E-state index contributed by atoms with van der Waals surface area (Å²) >= 11 is 6.48. The Kier molecular flexibility index (Phi) is 7.00. The number of carbonyl (C=O) groups is 1. The van der Waals surface area contributed by atoms with Crippen molar-refractivity contribution in [3.05, 3.63) is 116 Å². The van der Waals surface area contributed by atoms with Crippen molar-refractivity contribution in [2.24, 2.45) is 0 Å². The molecule has 0 saturated heterocycles. The minimum Gasteiger partial charge on any atom is -0.490 e. The van der Waals surface area contributed by atoms with Gasteiger partial charge in [0.25, 0.3) is 5.91 Å². The molecule has 5 rings (SSSR count). The Morgan fingerprint density at radius 2 is 1.84 bits per heavy atom. The van der Waals surface area contributed by atoms with Crippen LogP contribution >= 0.6 is 11.6 Å². The molecule has 194 valence electrons. The molecule has 1 atom stereocenters. The van der Waals surface area contributed by atoms with Gasteiger partial charge in [-0.05, 0) is 67.3 Å². The van der Waals surface area contributed by atoms with E-state index in [4.69, 9.17) is 25.5 Å². The number of carbonyl (C=O) groups excluding carboxylic acids is 1. The summed E-state index contributed by atoms with van der Waals surface area (Å²) in [6, 6.07) is 15.8. The van der Waals surface area contributed by atoms with E-state index in [1.165, 1.54) is 0 Å². The van der Waals surface area contributed by atoms with Gasteiger partial charge in [-0.2, -0.15) is 0 Å². The van der Waals surface area contributed by atoms with Crippen LogP contribution in [0.5, 0.6) is 11.5 Å². The number of nitrogens with zero attached hydrogens (tertiary/aromatic N) is 1. The lowest BCUT2D eigenvalue weighted by atomic mass is 9.96. The Hall–Kier alpha value is -4.03. The Morgan fingerprint density at radius 3 is 2.58 bits per heavy atom. The molecular weight excluding hydrogens is 502 g/mol. The van der Waals surface area contributed by atoms with E-state index >= 15 is 0 Å². The van der Waals surface area contributed by atoms with Crippen LogP contribution in [-0.2, 0) is 6.54 Å². The van der Waals surface area contributed by atoms with E-state index in [1.807, 2.05) is 63.2 Å². The summed E-state index contributed by atoms with van der Waals surface area (Å²) in [6.45, 7) is 10.3. The first kappa shape index (κ1) is 25.6. The van der Waals surface area contributed by atoms with Gasteiger partial charge < -0.3 is 18.8 Å². The second kappa shape index (κ2) is 10.4. The van der Waals surface area contributed by atoms with Gasteiger partial charge in [-0.25, -0.2) is 0 Å². The number of ether oxygens (including phenoxy) is 2. The van der Waals surface area contributed by atoms with Crippen LogP contribution in [0.4, 0.5) is 0 Å². The van der Waals surface area contributed by atoms with Crippen molar-refractivity contribution in [3.63, 3.8) is 0 Å². The third-order valence-corrected chi connectivity index (χ3v) is 7.00. The highest BCUT2D eigenvalue weighted by molar-refractivity contribution is 6.31. The minimum atomic E-state index is -0.706. The largest absolute Gasteiger partial charge is 0.490 e. The average molecular weight is 530 g/mol. The summed E-state index contributed by atoms with van der Waals surface area (Å²) in [6.07, 6.45) is 1.65. The molecule has 1 aliphatic heterocycles. The molecule has 3 aromatic carbocycles. The third-order valence-electron chi connectivity index (χ3n) is 6.64. The fraction of sp³-hybridized carbons (Fsp3) is 0.226. The Morgan fingerprint density at radius 1 is 1.05 bits per heavy atom. The molecule has 0 fully saturated rings. The molecule has 4 aromatic rings. The molecule has 2 heterocycles. The molecule has 1 amide bonds. The topological polar surface area (TPSA) is 69.0 Å². The zero-order valence-corrected chi connectivity index (χ0v) is 22.3. The summed E-state index contributed by atoms with van der Waals surface area (Å²) < 4.78 is 17.8. The maximum absolute atomic E-state index is 14.0. The third kappa shape index (κ3) is 4.45. The quantitative estimate of drug-likeness (QED) is 0.235. The van der Waals surface area contributed by atoms with Crippen LogP contribution in [0.1, 0.15) is 51.3 Å². The maximum Gasteiger partial charge on any atom is 0.291 e. The van der Waals surface area contributed by atoms with E-state index in [2.05, 4.69) is 6.58 Å². The summed E-state index contributed by atoms with van der Waals surface area (Å²) in [4.78, 5) is 29.5. The van der Waals surface area contributed by atoms with Crippen molar-refractivity contribution in [1.82, 2.24) is 4.90 Å². The highest BCUT2D eigenvalue weighted by atomic mass is 35.5. The van der Waals surface area contributed by atoms with Crippen molar-refractivity contribution in [2.75, 3.05) is 13.2 Å². The molecule has 0 radical (unpaired) electrons. The molecule has 0 aliphatic carbocycles. The molecule has 1 unspecified atom stereocenters. The number of amides is 1. The molecule has 38 heavy (non-hydrogen) atoms. The van der Waals surface area contributed by atoms with Crippen molar-refractivity contribution >= 4 is 28.5 Å². The van der Waals surface area contributed by atoms with Crippen molar-refractivity contribution in [1.29, 1.82) is 0 Å². The van der Waals surface area contributed by atoms with E-state index in [-0.39, 0.29) is 23.6 Å². The van der Waals surface area contributed by atoms with Crippen LogP contribution in [0, 0.1) is 13.8 Å². The zero-order chi connectivity index (χ0) is 27.0. The van der Waals surface area contributed by atoms with Crippen LogP contribution in [0.25, 0.3) is 11.0 Å². The second-order valence-corrected chi connectivity index (χ2v) is 9.71. The van der Waals surface area contributed by atoms with Gasteiger partial charge in [-0.3, -0.25) is 9.59 Å². The summed E-state index contributed by atoms with van der Waals surface area (Å²) in [5.74, 6) is 0.752. The fourth-order valence-electron chi connectivity index (χ4n) is 5.03. The molecule has 0 spiro atoms. The number of hydrogen-bond donors (Lipinski definition) is 0. The average Bonchev–Trinajstić information content (AvgIpc) is 3.17. The van der Waals surface area contributed by atoms with Crippen LogP contribution in [0.3, 0.4) is 0 Å². The maximum atomic E-state index is 14.0. The summed E-state index contributed by atoms with van der Waals surface area (Å²) in [7, 11) is 0. The highest BCUT2D eigenvalue weighted by Gasteiger charge is 2.43. The normalized spacial score (nSPS) is 14.6. The van der Waals surface area contributed by atoms with E-state index in [0.29, 0.717) is 51.8 Å². The lowest BCUT2D eigenvalue weighted by Crippen LogP contribution is -2.29. The molecule has 1 aromatic heterocycles. The number of halogens is 1. The van der Waals surface area contributed by atoms with Crippen LogP contribution in [-0.4, -0.2) is 24.0 Å². The Bertz CT molecular complexity index is 1620.